The molecule has 0 amide bonds. The van der Waals surface area contributed by atoms with Gasteiger partial charge in [0.2, 0.25) is 6.79 Å². The molecule has 3 aliphatic rings. The van der Waals surface area contributed by atoms with Gasteiger partial charge in [0, 0.05) is 23.5 Å². The number of benzene rings is 2. The first-order chi connectivity index (χ1) is 16.4. The number of aliphatic hydroxyl groups is 3. The molecule has 2 aliphatic heterocycles. The summed E-state index contributed by atoms with van der Waals surface area (Å²) in [5.74, 6) is 0.765. The zero-order valence-corrected chi connectivity index (χ0v) is 20.1. The molecule has 34 heavy (non-hydrogen) atoms. The van der Waals surface area contributed by atoms with E-state index in [1.807, 2.05) is 31.2 Å². The lowest BCUT2D eigenvalue weighted by Gasteiger charge is -2.42. The van der Waals surface area contributed by atoms with Crippen LogP contribution in [0.15, 0.2) is 30.3 Å². The van der Waals surface area contributed by atoms with Crippen molar-refractivity contribution in [2.45, 2.75) is 44.7 Å². The predicted molar refractivity (Wildman–Crippen MR) is 125 cm³/mol. The van der Waals surface area contributed by atoms with Gasteiger partial charge in [0.1, 0.15) is 6.10 Å². The van der Waals surface area contributed by atoms with Gasteiger partial charge >= 0.3 is 0 Å². The predicted octanol–water partition coefficient (Wildman–Crippen LogP) is 3.02. The zero-order valence-electron chi connectivity index (χ0n) is 19.3. The van der Waals surface area contributed by atoms with Crippen LogP contribution in [-0.2, 0) is 15.9 Å². The molecule has 184 valence electrons. The van der Waals surface area contributed by atoms with Crippen LogP contribution in [0, 0.1) is 24.7 Å². The summed E-state index contributed by atoms with van der Waals surface area (Å²) in [5, 5.41) is 31.6. The molecule has 3 N–H and O–H groups in total. The van der Waals surface area contributed by atoms with E-state index in [1.165, 1.54) is 0 Å². The van der Waals surface area contributed by atoms with Gasteiger partial charge in [-0.25, -0.2) is 0 Å². The normalized spacial score (nSPS) is 32.5. The highest BCUT2D eigenvalue weighted by Gasteiger charge is 2.41. The van der Waals surface area contributed by atoms with Crippen LogP contribution in [-0.4, -0.2) is 60.4 Å². The van der Waals surface area contributed by atoms with Gasteiger partial charge in [0.05, 0.1) is 19.3 Å². The minimum atomic E-state index is -0.937. The smallest absolute Gasteiger partial charge is 0.231 e. The SMILES string of the molecule is Cc1cc2c(cc1Cl)C(c1ccc3c(c1)OCO3)[C@H](CO[C@@H]1OC[C@@H](O)[C@H](C)[C@H]1O)[C@@H](CO)C2. The lowest BCUT2D eigenvalue weighted by atomic mass is 9.66. The van der Waals surface area contributed by atoms with Gasteiger partial charge in [-0.3, -0.25) is 0 Å². The molecule has 0 radical (unpaired) electrons. The molecule has 8 heteroatoms. The highest BCUT2D eigenvalue weighted by molar-refractivity contribution is 6.31. The van der Waals surface area contributed by atoms with E-state index in [9.17, 15) is 15.3 Å². The average molecular weight is 491 g/mol. The minimum absolute atomic E-state index is 0.000608. The lowest BCUT2D eigenvalue weighted by Crippen LogP contribution is -2.50. The van der Waals surface area contributed by atoms with E-state index in [-0.39, 0.29) is 50.3 Å². The van der Waals surface area contributed by atoms with E-state index in [0.717, 1.165) is 22.3 Å². The van der Waals surface area contributed by atoms with E-state index >= 15 is 0 Å². The van der Waals surface area contributed by atoms with Crippen LogP contribution in [0.2, 0.25) is 5.02 Å². The number of hydrogen-bond acceptors (Lipinski definition) is 7. The fourth-order valence-corrected chi connectivity index (χ4v) is 5.57. The second-order valence-corrected chi connectivity index (χ2v) is 10.1. The Hall–Kier alpha value is -1.87. The number of aliphatic hydroxyl groups excluding tert-OH is 3. The molecule has 0 spiro atoms. The molecular weight excluding hydrogens is 460 g/mol. The van der Waals surface area contributed by atoms with Crippen LogP contribution in [0.4, 0.5) is 0 Å². The molecule has 5 rings (SSSR count). The van der Waals surface area contributed by atoms with Crippen molar-refractivity contribution in [3.05, 3.63) is 57.6 Å². The third kappa shape index (κ3) is 4.30. The van der Waals surface area contributed by atoms with Gasteiger partial charge in [-0.05, 0) is 65.6 Å². The monoisotopic (exact) mass is 490 g/mol. The highest BCUT2D eigenvalue weighted by Crippen LogP contribution is 2.47. The largest absolute Gasteiger partial charge is 0.454 e. The molecule has 2 aromatic rings. The molecule has 2 heterocycles. The Bertz CT molecular complexity index is 1040. The summed E-state index contributed by atoms with van der Waals surface area (Å²) in [6.07, 6.45) is -1.80. The van der Waals surface area contributed by atoms with Gasteiger partial charge in [-0.15, -0.1) is 0 Å². The van der Waals surface area contributed by atoms with Gasteiger partial charge < -0.3 is 34.3 Å². The Morgan fingerprint density at radius 1 is 1.12 bits per heavy atom. The Morgan fingerprint density at radius 3 is 2.71 bits per heavy atom. The third-order valence-electron chi connectivity index (χ3n) is 7.57. The topological polar surface area (TPSA) is 97.6 Å². The highest BCUT2D eigenvalue weighted by atomic mass is 35.5. The molecule has 0 bridgehead atoms. The van der Waals surface area contributed by atoms with Crippen LogP contribution in [0.5, 0.6) is 11.5 Å². The number of aryl methyl sites for hydroxylation is 1. The van der Waals surface area contributed by atoms with E-state index in [4.69, 9.17) is 30.5 Å². The Morgan fingerprint density at radius 2 is 1.91 bits per heavy atom. The van der Waals surface area contributed by atoms with Crippen molar-refractivity contribution >= 4 is 11.6 Å². The van der Waals surface area contributed by atoms with Crippen molar-refractivity contribution in [2.75, 3.05) is 26.6 Å². The summed E-state index contributed by atoms with van der Waals surface area (Å²) in [6, 6.07) is 10.0. The van der Waals surface area contributed by atoms with Gasteiger partial charge in [0.15, 0.2) is 17.8 Å². The quantitative estimate of drug-likeness (QED) is 0.592. The first-order valence-corrected chi connectivity index (χ1v) is 12.1. The summed E-state index contributed by atoms with van der Waals surface area (Å²) in [5.41, 5.74) is 4.28. The van der Waals surface area contributed by atoms with E-state index in [0.29, 0.717) is 22.9 Å². The molecule has 0 saturated carbocycles. The van der Waals surface area contributed by atoms with Crippen molar-refractivity contribution in [3.8, 4) is 11.5 Å². The van der Waals surface area contributed by atoms with Gasteiger partial charge in [-0.2, -0.15) is 0 Å². The summed E-state index contributed by atoms with van der Waals surface area (Å²) < 4.78 is 22.8. The minimum Gasteiger partial charge on any atom is -0.454 e. The Balaban J connectivity index is 1.50. The third-order valence-corrected chi connectivity index (χ3v) is 7.98. The molecule has 0 aromatic heterocycles. The molecule has 1 fully saturated rings. The fraction of sp³-hybridized carbons (Fsp3) is 0.538. The average Bonchev–Trinajstić information content (AvgIpc) is 3.30. The van der Waals surface area contributed by atoms with Crippen molar-refractivity contribution in [1.82, 2.24) is 0 Å². The standard InChI is InChI=1S/C26H31ClO7/c1-13-5-16-6-17(9-28)19(10-31-26-25(30)14(2)21(29)11-32-26)24(18(16)8-20(13)27)15-3-4-22-23(7-15)34-12-33-22/h3-5,7-8,14,17,19,21,24-26,28-30H,6,9-12H2,1-2H3/t14-,17+,19+,21+,24?,25+,26+/m0/s1. The van der Waals surface area contributed by atoms with Gasteiger partial charge in [-0.1, -0.05) is 30.7 Å². The number of fused-ring (bicyclic) bond motifs is 2. The summed E-state index contributed by atoms with van der Waals surface area (Å²) in [6.45, 7) is 4.33. The molecular formula is C26H31ClO7. The maximum atomic E-state index is 10.6. The second-order valence-electron chi connectivity index (χ2n) is 9.65. The van der Waals surface area contributed by atoms with E-state index in [2.05, 4.69) is 6.07 Å². The molecule has 7 atom stereocenters. The number of halogens is 1. The fourth-order valence-electron chi connectivity index (χ4n) is 5.40. The Kier molecular flexibility index (Phi) is 6.77. The number of rotatable bonds is 5. The molecule has 1 aliphatic carbocycles. The molecule has 2 aromatic carbocycles. The summed E-state index contributed by atoms with van der Waals surface area (Å²) >= 11 is 6.56. The van der Waals surface area contributed by atoms with Crippen molar-refractivity contribution in [2.24, 2.45) is 17.8 Å². The van der Waals surface area contributed by atoms with E-state index < -0.39 is 18.5 Å². The number of ether oxygens (including phenoxy) is 4. The maximum Gasteiger partial charge on any atom is 0.231 e. The maximum absolute atomic E-state index is 10.6. The second kappa shape index (κ2) is 9.64. The van der Waals surface area contributed by atoms with Crippen molar-refractivity contribution in [1.29, 1.82) is 0 Å². The van der Waals surface area contributed by atoms with E-state index in [1.54, 1.807) is 6.92 Å². The van der Waals surface area contributed by atoms with Crippen LogP contribution in [0.25, 0.3) is 0 Å². The van der Waals surface area contributed by atoms with Crippen molar-refractivity contribution in [3.63, 3.8) is 0 Å². The lowest BCUT2D eigenvalue weighted by molar-refractivity contribution is -0.259. The van der Waals surface area contributed by atoms with Crippen LogP contribution >= 0.6 is 11.6 Å². The molecule has 7 nitrogen and oxygen atoms in total. The van der Waals surface area contributed by atoms with Crippen LogP contribution in [0.1, 0.15) is 35.1 Å². The first kappa shape index (κ1) is 23.9. The van der Waals surface area contributed by atoms with Crippen LogP contribution in [0.3, 0.4) is 0 Å². The molecule has 1 saturated heterocycles. The molecule has 1 unspecified atom stereocenters. The zero-order chi connectivity index (χ0) is 24.0. The van der Waals surface area contributed by atoms with Crippen molar-refractivity contribution < 1.29 is 34.3 Å². The first-order valence-electron chi connectivity index (χ1n) is 11.8. The summed E-state index contributed by atoms with van der Waals surface area (Å²) in [7, 11) is 0. The van der Waals surface area contributed by atoms with Gasteiger partial charge in [0.25, 0.3) is 0 Å². The number of hydrogen-bond donors (Lipinski definition) is 3. The van der Waals surface area contributed by atoms with Crippen LogP contribution < -0.4 is 9.47 Å². The summed E-state index contributed by atoms with van der Waals surface area (Å²) in [4.78, 5) is 0. The Labute approximate surface area is 204 Å².